The molecule has 0 fully saturated rings. The minimum absolute atomic E-state index is 0.0129. The van der Waals surface area contributed by atoms with Crippen LogP contribution in [0.2, 0.25) is 5.02 Å². The zero-order valence-electron chi connectivity index (χ0n) is 11.0. The predicted octanol–water partition coefficient (Wildman–Crippen LogP) is 3.19. The Balaban J connectivity index is 2.03. The number of amides is 1. The molecule has 1 aromatic carbocycles. The Morgan fingerprint density at radius 3 is 2.85 bits per heavy atom. The van der Waals surface area contributed by atoms with Gasteiger partial charge in [-0.25, -0.2) is 4.39 Å². The highest BCUT2D eigenvalue weighted by Crippen LogP contribution is 2.16. The van der Waals surface area contributed by atoms with Gasteiger partial charge < -0.3 is 4.90 Å². The molecule has 1 aromatic heterocycles. The molecule has 0 N–H and O–H groups in total. The molecule has 0 aliphatic heterocycles. The third-order valence-electron chi connectivity index (χ3n) is 2.94. The monoisotopic (exact) mass is 292 g/mol. The van der Waals surface area contributed by atoms with Crippen molar-refractivity contribution in [3.63, 3.8) is 0 Å². The second-order valence-corrected chi connectivity index (χ2v) is 4.86. The van der Waals surface area contributed by atoms with E-state index in [-0.39, 0.29) is 11.5 Å². The molecular weight excluding hydrogens is 279 g/mol. The van der Waals surface area contributed by atoms with E-state index in [1.165, 1.54) is 23.1 Å². The summed E-state index contributed by atoms with van der Waals surface area (Å²) in [6.45, 7) is 0.460. The number of nitrogens with zero attached hydrogens (tertiary/aromatic N) is 2. The quantitative estimate of drug-likeness (QED) is 0.867. The van der Waals surface area contributed by atoms with Crippen molar-refractivity contribution in [2.75, 3.05) is 13.6 Å². The predicted molar refractivity (Wildman–Crippen MR) is 76.3 cm³/mol. The Labute approximate surface area is 122 Å². The molecule has 1 amide bonds. The number of benzene rings is 1. The van der Waals surface area contributed by atoms with E-state index in [1.54, 1.807) is 13.2 Å². The molecule has 2 aromatic rings. The molecule has 0 saturated heterocycles. The Kier molecular flexibility index (Phi) is 4.69. The van der Waals surface area contributed by atoms with Crippen LogP contribution in [0.4, 0.5) is 4.39 Å². The first-order chi connectivity index (χ1) is 9.58. The van der Waals surface area contributed by atoms with Gasteiger partial charge in [-0.2, -0.15) is 0 Å². The molecule has 5 heteroatoms. The van der Waals surface area contributed by atoms with Crippen molar-refractivity contribution in [2.45, 2.75) is 6.42 Å². The highest BCUT2D eigenvalue weighted by Gasteiger charge is 2.16. The SMILES string of the molecule is CN(CCc1ccccn1)C(=O)c1cc(Cl)ccc1F. The van der Waals surface area contributed by atoms with Crippen molar-refractivity contribution in [3.8, 4) is 0 Å². The summed E-state index contributed by atoms with van der Waals surface area (Å²) in [5, 5.41) is 0.341. The van der Waals surface area contributed by atoms with Gasteiger partial charge in [-0.3, -0.25) is 9.78 Å². The number of aromatic nitrogens is 1. The number of hydrogen-bond acceptors (Lipinski definition) is 2. The van der Waals surface area contributed by atoms with Crippen LogP contribution in [0.3, 0.4) is 0 Å². The van der Waals surface area contributed by atoms with Crippen LogP contribution in [0.1, 0.15) is 16.1 Å². The van der Waals surface area contributed by atoms with Crippen LogP contribution >= 0.6 is 11.6 Å². The summed E-state index contributed by atoms with van der Waals surface area (Å²) in [5.41, 5.74) is 0.875. The number of rotatable bonds is 4. The second kappa shape index (κ2) is 6.48. The van der Waals surface area contributed by atoms with Crippen LogP contribution in [-0.2, 0) is 6.42 Å². The molecule has 0 unspecified atom stereocenters. The fourth-order valence-corrected chi connectivity index (χ4v) is 1.97. The lowest BCUT2D eigenvalue weighted by Crippen LogP contribution is -2.29. The number of pyridine rings is 1. The fourth-order valence-electron chi connectivity index (χ4n) is 1.80. The zero-order valence-corrected chi connectivity index (χ0v) is 11.8. The minimum Gasteiger partial charge on any atom is -0.341 e. The van der Waals surface area contributed by atoms with Crippen LogP contribution in [0.5, 0.6) is 0 Å². The van der Waals surface area contributed by atoms with Crippen molar-refractivity contribution in [1.29, 1.82) is 0 Å². The molecule has 2 rings (SSSR count). The summed E-state index contributed by atoms with van der Waals surface area (Å²) < 4.78 is 13.6. The lowest BCUT2D eigenvalue weighted by atomic mass is 10.2. The lowest BCUT2D eigenvalue weighted by molar-refractivity contribution is 0.0791. The Hall–Kier alpha value is -1.94. The first kappa shape index (κ1) is 14.5. The summed E-state index contributed by atoms with van der Waals surface area (Å²) in [5.74, 6) is -0.954. The summed E-state index contributed by atoms with van der Waals surface area (Å²) in [7, 11) is 1.63. The summed E-state index contributed by atoms with van der Waals surface area (Å²) >= 11 is 5.79. The van der Waals surface area contributed by atoms with Gasteiger partial charge in [0, 0.05) is 36.9 Å². The molecule has 0 saturated carbocycles. The first-order valence-electron chi connectivity index (χ1n) is 6.18. The molecule has 0 bridgehead atoms. The maximum atomic E-state index is 13.6. The number of carbonyl (C=O) groups excluding carboxylic acids is 1. The number of hydrogen-bond donors (Lipinski definition) is 0. The summed E-state index contributed by atoms with van der Waals surface area (Å²) in [6, 6.07) is 9.57. The van der Waals surface area contributed by atoms with Gasteiger partial charge in [-0.1, -0.05) is 17.7 Å². The van der Waals surface area contributed by atoms with Gasteiger partial charge in [0.1, 0.15) is 5.82 Å². The van der Waals surface area contributed by atoms with E-state index >= 15 is 0 Å². The molecule has 20 heavy (non-hydrogen) atoms. The van der Waals surface area contributed by atoms with Crippen molar-refractivity contribution in [2.24, 2.45) is 0 Å². The van der Waals surface area contributed by atoms with Crippen molar-refractivity contribution < 1.29 is 9.18 Å². The molecule has 0 radical (unpaired) electrons. The standard InChI is InChI=1S/C15H14ClFN2O/c1-19(9-7-12-4-2-3-8-18-12)15(20)13-10-11(16)5-6-14(13)17/h2-6,8,10H,7,9H2,1H3. The van der Waals surface area contributed by atoms with Gasteiger partial charge in [0.05, 0.1) is 5.56 Å². The molecule has 0 aliphatic carbocycles. The van der Waals surface area contributed by atoms with E-state index in [0.29, 0.717) is 18.0 Å². The third kappa shape index (κ3) is 3.54. The number of likely N-dealkylation sites (N-methyl/N-ethyl adjacent to an activating group) is 1. The van der Waals surface area contributed by atoms with Crippen LogP contribution in [0.15, 0.2) is 42.6 Å². The van der Waals surface area contributed by atoms with Crippen LogP contribution in [0, 0.1) is 5.82 Å². The lowest BCUT2D eigenvalue weighted by Gasteiger charge is -2.17. The highest BCUT2D eigenvalue weighted by atomic mass is 35.5. The molecule has 1 heterocycles. The fraction of sp³-hybridized carbons (Fsp3) is 0.200. The maximum absolute atomic E-state index is 13.6. The Bertz CT molecular complexity index is 604. The molecular formula is C15H14ClFN2O. The van der Waals surface area contributed by atoms with Crippen molar-refractivity contribution >= 4 is 17.5 Å². The van der Waals surface area contributed by atoms with E-state index < -0.39 is 5.82 Å². The van der Waals surface area contributed by atoms with Crippen LogP contribution < -0.4 is 0 Å². The molecule has 0 spiro atoms. The van der Waals surface area contributed by atoms with Crippen molar-refractivity contribution in [3.05, 3.63) is 64.7 Å². The zero-order chi connectivity index (χ0) is 14.5. The average molecular weight is 293 g/mol. The topological polar surface area (TPSA) is 33.2 Å². The molecule has 0 atom stereocenters. The van der Waals surface area contributed by atoms with E-state index in [9.17, 15) is 9.18 Å². The minimum atomic E-state index is -0.566. The van der Waals surface area contributed by atoms with Gasteiger partial charge >= 0.3 is 0 Å². The first-order valence-corrected chi connectivity index (χ1v) is 6.56. The maximum Gasteiger partial charge on any atom is 0.256 e. The number of carbonyl (C=O) groups is 1. The van der Waals surface area contributed by atoms with Gasteiger partial charge in [-0.05, 0) is 30.3 Å². The van der Waals surface area contributed by atoms with Gasteiger partial charge in [0.2, 0.25) is 0 Å². The molecule has 3 nitrogen and oxygen atoms in total. The largest absolute Gasteiger partial charge is 0.341 e. The second-order valence-electron chi connectivity index (χ2n) is 4.42. The third-order valence-corrected chi connectivity index (χ3v) is 3.17. The Morgan fingerprint density at radius 2 is 2.15 bits per heavy atom. The summed E-state index contributed by atoms with van der Waals surface area (Å²) in [6.07, 6.45) is 2.32. The normalized spacial score (nSPS) is 10.3. The molecule has 104 valence electrons. The van der Waals surface area contributed by atoms with E-state index in [4.69, 9.17) is 11.6 Å². The van der Waals surface area contributed by atoms with Crippen molar-refractivity contribution in [1.82, 2.24) is 9.88 Å². The average Bonchev–Trinajstić information content (AvgIpc) is 2.47. The van der Waals surface area contributed by atoms with E-state index in [1.807, 2.05) is 18.2 Å². The van der Waals surface area contributed by atoms with Gasteiger partial charge in [-0.15, -0.1) is 0 Å². The van der Waals surface area contributed by atoms with E-state index in [2.05, 4.69) is 4.98 Å². The van der Waals surface area contributed by atoms with Gasteiger partial charge in [0.15, 0.2) is 0 Å². The smallest absolute Gasteiger partial charge is 0.256 e. The van der Waals surface area contributed by atoms with Crippen LogP contribution in [0.25, 0.3) is 0 Å². The van der Waals surface area contributed by atoms with E-state index in [0.717, 1.165) is 5.69 Å². The molecule has 0 aliphatic rings. The van der Waals surface area contributed by atoms with Crippen LogP contribution in [-0.4, -0.2) is 29.4 Å². The summed E-state index contributed by atoms with van der Waals surface area (Å²) in [4.78, 5) is 17.8. The highest BCUT2D eigenvalue weighted by molar-refractivity contribution is 6.30. The number of halogens is 2. The van der Waals surface area contributed by atoms with Gasteiger partial charge in [0.25, 0.3) is 5.91 Å². The Morgan fingerprint density at radius 1 is 1.35 bits per heavy atom.